The first-order valence-electron chi connectivity index (χ1n) is 7.08. The number of amides is 1. The first-order valence-corrected chi connectivity index (χ1v) is 7.08. The van der Waals surface area contributed by atoms with E-state index >= 15 is 0 Å². The predicted molar refractivity (Wildman–Crippen MR) is 81.0 cm³/mol. The lowest BCUT2D eigenvalue weighted by Gasteiger charge is -2.33. The van der Waals surface area contributed by atoms with Gasteiger partial charge in [0.15, 0.2) is 0 Å². The first kappa shape index (κ1) is 16.2. The molecule has 1 aliphatic heterocycles. The molecule has 0 aliphatic carbocycles. The summed E-state index contributed by atoms with van der Waals surface area (Å²) in [7, 11) is 4.82. The fraction of sp³-hybridized carbons (Fsp3) is 0.533. The zero-order chi connectivity index (χ0) is 16.1. The molecular weight excluding hydrogens is 288 g/mol. The molecule has 1 N–H and O–H groups in total. The quantitative estimate of drug-likeness (QED) is 0.889. The van der Waals surface area contributed by atoms with Gasteiger partial charge in [-0.15, -0.1) is 0 Å². The molecule has 1 amide bonds. The molecule has 0 unspecified atom stereocenters. The van der Waals surface area contributed by atoms with Crippen LogP contribution in [0, 0.1) is 0 Å². The summed E-state index contributed by atoms with van der Waals surface area (Å²) in [6.45, 7) is 3.03. The molecule has 22 heavy (non-hydrogen) atoms. The molecule has 0 bridgehead atoms. The highest BCUT2D eigenvalue weighted by molar-refractivity contribution is 5.65. The van der Waals surface area contributed by atoms with Gasteiger partial charge >= 0.3 is 6.09 Å². The minimum atomic E-state index is -0.862. The number of methoxy groups -OCH3 is 3. The van der Waals surface area contributed by atoms with Crippen LogP contribution < -0.4 is 14.2 Å². The Balaban J connectivity index is 2.14. The van der Waals surface area contributed by atoms with E-state index in [-0.39, 0.29) is 0 Å². The summed E-state index contributed by atoms with van der Waals surface area (Å²) in [4.78, 5) is 14.6. The topological polar surface area (TPSA) is 71.5 Å². The van der Waals surface area contributed by atoms with Crippen LogP contribution in [0.3, 0.4) is 0 Å². The number of carbonyl (C=O) groups is 1. The lowest BCUT2D eigenvalue weighted by molar-refractivity contribution is 0.102. The Labute approximate surface area is 130 Å². The Hall–Kier alpha value is -2.15. The van der Waals surface area contributed by atoms with Gasteiger partial charge < -0.3 is 24.2 Å². The van der Waals surface area contributed by atoms with Gasteiger partial charge in [0.1, 0.15) is 17.2 Å². The van der Waals surface area contributed by atoms with Crippen LogP contribution in [0.1, 0.15) is 5.56 Å². The van der Waals surface area contributed by atoms with E-state index in [0.29, 0.717) is 50.0 Å². The molecular formula is C15H22N2O5. The Morgan fingerprint density at radius 1 is 1.05 bits per heavy atom. The van der Waals surface area contributed by atoms with E-state index in [0.717, 1.165) is 5.56 Å². The van der Waals surface area contributed by atoms with E-state index in [1.807, 2.05) is 12.1 Å². The van der Waals surface area contributed by atoms with Crippen molar-refractivity contribution < 1.29 is 24.1 Å². The molecule has 2 rings (SSSR count). The summed E-state index contributed by atoms with van der Waals surface area (Å²) in [6.07, 6.45) is -0.862. The number of hydrogen-bond acceptors (Lipinski definition) is 5. The highest BCUT2D eigenvalue weighted by atomic mass is 16.5. The Morgan fingerprint density at radius 3 is 2.00 bits per heavy atom. The lowest BCUT2D eigenvalue weighted by atomic mass is 10.1. The first-order chi connectivity index (χ1) is 10.6. The molecule has 122 valence electrons. The van der Waals surface area contributed by atoms with Gasteiger partial charge in [-0.3, -0.25) is 4.90 Å². The van der Waals surface area contributed by atoms with E-state index in [1.165, 1.54) is 4.90 Å². The van der Waals surface area contributed by atoms with Crippen molar-refractivity contribution >= 4 is 6.09 Å². The lowest BCUT2D eigenvalue weighted by Crippen LogP contribution is -2.47. The number of carboxylic acid groups (broad SMARTS) is 1. The summed E-state index contributed by atoms with van der Waals surface area (Å²) < 4.78 is 16.1. The fourth-order valence-corrected chi connectivity index (χ4v) is 2.55. The monoisotopic (exact) mass is 310 g/mol. The third kappa shape index (κ3) is 3.54. The summed E-state index contributed by atoms with van der Waals surface area (Å²) in [6, 6.07) is 3.65. The number of hydrogen-bond donors (Lipinski definition) is 1. The molecule has 0 radical (unpaired) electrons. The molecule has 1 heterocycles. The standard InChI is InChI=1S/C15H22N2O5/c1-20-11-8-13(21-2)12(14(9-11)22-3)10-16-4-6-17(7-5-16)15(18)19/h8-9H,4-7,10H2,1-3H3,(H,18,19). The van der Waals surface area contributed by atoms with E-state index in [2.05, 4.69) is 4.90 Å². The van der Waals surface area contributed by atoms with E-state index in [4.69, 9.17) is 19.3 Å². The fourth-order valence-electron chi connectivity index (χ4n) is 2.55. The van der Waals surface area contributed by atoms with E-state index < -0.39 is 6.09 Å². The second kappa shape index (κ2) is 7.22. The van der Waals surface area contributed by atoms with Crippen LogP contribution >= 0.6 is 0 Å². The van der Waals surface area contributed by atoms with Crippen LogP contribution in [-0.2, 0) is 6.54 Å². The van der Waals surface area contributed by atoms with Crippen molar-refractivity contribution in [2.24, 2.45) is 0 Å². The van der Waals surface area contributed by atoms with Crippen molar-refractivity contribution in [3.63, 3.8) is 0 Å². The zero-order valence-corrected chi connectivity index (χ0v) is 13.2. The molecule has 1 saturated heterocycles. The van der Waals surface area contributed by atoms with Gasteiger partial charge in [-0.05, 0) is 0 Å². The van der Waals surface area contributed by atoms with Crippen molar-refractivity contribution in [1.29, 1.82) is 0 Å². The molecule has 1 aromatic carbocycles. The zero-order valence-electron chi connectivity index (χ0n) is 13.2. The minimum absolute atomic E-state index is 0.510. The normalized spacial score (nSPS) is 15.5. The van der Waals surface area contributed by atoms with Crippen molar-refractivity contribution in [2.75, 3.05) is 47.5 Å². The van der Waals surface area contributed by atoms with Crippen LogP contribution in [0.2, 0.25) is 0 Å². The van der Waals surface area contributed by atoms with Crippen molar-refractivity contribution in [3.8, 4) is 17.2 Å². The van der Waals surface area contributed by atoms with Gasteiger partial charge in [0.05, 0.1) is 26.9 Å². The predicted octanol–water partition coefficient (Wildman–Crippen LogP) is 1.51. The molecule has 0 aromatic heterocycles. The van der Waals surface area contributed by atoms with Gasteiger partial charge in [-0.1, -0.05) is 0 Å². The van der Waals surface area contributed by atoms with Crippen LogP contribution in [-0.4, -0.2) is 68.5 Å². The average Bonchev–Trinajstić information content (AvgIpc) is 2.55. The molecule has 0 spiro atoms. The highest BCUT2D eigenvalue weighted by Crippen LogP contribution is 2.35. The molecule has 7 nitrogen and oxygen atoms in total. The Kier molecular flexibility index (Phi) is 5.32. The maximum Gasteiger partial charge on any atom is 0.407 e. The Bertz CT molecular complexity index is 502. The molecule has 0 saturated carbocycles. The van der Waals surface area contributed by atoms with Crippen LogP contribution in [0.15, 0.2) is 12.1 Å². The van der Waals surface area contributed by atoms with Crippen LogP contribution in [0.25, 0.3) is 0 Å². The molecule has 0 atom stereocenters. The molecule has 1 fully saturated rings. The van der Waals surface area contributed by atoms with Crippen molar-refractivity contribution in [1.82, 2.24) is 9.80 Å². The largest absolute Gasteiger partial charge is 0.496 e. The van der Waals surface area contributed by atoms with E-state index in [9.17, 15) is 4.79 Å². The second-order valence-corrected chi connectivity index (χ2v) is 5.06. The SMILES string of the molecule is COc1cc(OC)c(CN2CCN(C(=O)O)CC2)c(OC)c1. The Morgan fingerprint density at radius 2 is 1.59 bits per heavy atom. The number of benzene rings is 1. The maximum absolute atomic E-state index is 10.9. The van der Waals surface area contributed by atoms with Crippen LogP contribution in [0.4, 0.5) is 4.79 Å². The maximum atomic E-state index is 10.9. The van der Waals surface area contributed by atoms with E-state index in [1.54, 1.807) is 21.3 Å². The number of piperazine rings is 1. The third-order valence-electron chi connectivity index (χ3n) is 3.84. The van der Waals surface area contributed by atoms with Gasteiger partial charge in [0.25, 0.3) is 0 Å². The summed E-state index contributed by atoms with van der Waals surface area (Å²) in [5.74, 6) is 2.09. The molecule has 1 aromatic rings. The number of nitrogens with zero attached hydrogens (tertiary/aromatic N) is 2. The van der Waals surface area contributed by atoms with Crippen molar-refractivity contribution in [2.45, 2.75) is 6.54 Å². The van der Waals surface area contributed by atoms with Crippen molar-refractivity contribution in [3.05, 3.63) is 17.7 Å². The average molecular weight is 310 g/mol. The third-order valence-corrected chi connectivity index (χ3v) is 3.84. The van der Waals surface area contributed by atoms with Gasteiger partial charge in [0.2, 0.25) is 0 Å². The molecule has 1 aliphatic rings. The smallest absolute Gasteiger partial charge is 0.407 e. The summed E-state index contributed by atoms with van der Waals surface area (Å²) >= 11 is 0. The minimum Gasteiger partial charge on any atom is -0.496 e. The number of rotatable bonds is 5. The highest BCUT2D eigenvalue weighted by Gasteiger charge is 2.23. The second-order valence-electron chi connectivity index (χ2n) is 5.06. The van der Waals surface area contributed by atoms with Gasteiger partial charge in [-0.2, -0.15) is 0 Å². The summed E-state index contributed by atoms with van der Waals surface area (Å²) in [5.41, 5.74) is 0.939. The van der Waals surface area contributed by atoms with Gasteiger partial charge in [0, 0.05) is 44.9 Å². The van der Waals surface area contributed by atoms with Gasteiger partial charge in [-0.25, -0.2) is 4.79 Å². The van der Waals surface area contributed by atoms with Crippen LogP contribution in [0.5, 0.6) is 17.2 Å². The number of ether oxygens (including phenoxy) is 3. The summed E-state index contributed by atoms with van der Waals surface area (Å²) in [5, 5.41) is 8.99. The molecule has 7 heteroatoms.